The van der Waals surface area contributed by atoms with Gasteiger partial charge in [0.1, 0.15) is 0 Å². The van der Waals surface area contributed by atoms with E-state index in [2.05, 4.69) is 149 Å². The van der Waals surface area contributed by atoms with Crippen molar-refractivity contribution in [1.82, 2.24) is 24.1 Å². The predicted molar refractivity (Wildman–Crippen MR) is 230 cm³/mol. The van der Waals surface area contributed by atoms with Crippen LogP contribution in [0.5, 0.6) is 0 Å². The number of nitrogens with zero attached hydrogens (tertiary/aromatic N) is 5. The SMILES string of the molecule is c1ccc(-c2cc(-c3nc(-c4ccccc4)nc(-c4ccccc4)n3)cc(-n3c4ccccc4c4c5c(ccc6ccn(-c7ccccc7)c65)ccc43)c2)cc1. The summed E-state index contributed by atoms with van der Waals surface area (Å²) in [6, 6.07) is 68.2. The minimum Gasteiger partial charge on any atom is -0.316 e. The first-order valence-corrected chi connectivity index (χ1v) is 18.9. The van der Waals surface area contributed by atoms with Gasteiger partial charge < -0.3 is 9.13 Å². The van der Waals surface area contributed by atoms with Crippen molar-refractivity contribution >= 4 is 43.5 Å². The van der Waals surface area contributed by atoms with Crippen LogP contribution < -0.4 is 0 Å². The number of hydrogen-bond donors (Lipinski definition) is 0. The van der Waals surface area contributed by atoms with Crippen LogP contribution in [-0.4, -0.2) is 24.1 Å². The third-order valence-corrected chi connectivity index (χ3v) is 10.7. The molecule has 56 heavy (non-hydrogen) atoms. The van der Waals surface area contributed by atoms with Crippen LogP contribution in [0.3, 0.4) is 0 Å². The summed E-state index contributed by atoms with van der Waals surface area (Å²) in [6.07, 6.45) is 2.19. The van der Waals surface area contributed by atoms with Gasteiger partial charge in [0.15, 0.2) is 17.5 Å². The van der Waals surface area contributed by atoms with E-state index in [0.717, 1.165) is 50.2 Å². The average Bonchev–Trinajstić information content (AvgIpc) is 3.87. The lowest BCUT2D eigenvalue weighted by Gasteiger charge is -2.15. The molecule has 8 aromatic carbocycles. The van der Waals surface area contributed by atoms with E-state index in [9.17, 15) is 0 Å². The normalized spacial score (nSPS) is 11.6. The van der Waals surface area contributed by atoms with Gasteiger partial charge in [-0.2, -0.15) is 0 Å². The van der Waals surface area contributed by atoms with Gasteiger partial charge in [0.2, 0.25) is 0 Å². The van der Waals surface area contributed by atoms with E-state index in [-0.39, 0.29) is 0 Å². The summed E-state index contributed by atoms with van der Waals surface area (Å²) in [5, 5.41) is 6.07. The van der Waals surface area contributed by atoms with Crippen molar-refractivity contribution in [3.8, 4) is 56.7 Å². The third kappa shape index (κ3) is 5.29. The smallest absolute Gasteiger partial charge is 0.164 e. The molecule has 5 nitrogen and oxygen atoms in total. The Morgan fingerprint density at radius 2 is 0.875 bits per heavy atom. The van der Waals surface area contributed by atoms with Gasteiger partial charge in [0.25, 0.3) is 0 Å². The fraction of sp³-hybridized carbons (Fsp3) is 0. The van der Waals surface area contributed by atoms with Crippen molar-refractivity contribution in [3.63, 3.8) is 0 Å². The lowest BCUT2D eigenvalue weighted by molar-refractivity contribution is 1.07. The molecular weight excluding hydrogens is 683 g/mol. The zero-order chi connectivity index (χ0) is 37.0. The molecule has 3 heterocycles. The van der Waals surface area contributed by atoms with E-state index in [0.29, 0.717) is 17.5 Å². The first-order chi connectivity index (χ1) is 27.8. The molecule has 0 saturated heterocycles. The predicted octanol–water partition coefficient (Wildman–Crippen LogP) is 12.7. The number of para-hydroxylation sites is 2. The summed E-state index contributed by atoms with van der Waals surface area (Å²) < 4.78 is 4.73. The zero-order valence-corrected chi connectivity index (χ0v) is 30.3. The van der Waals surface area contributed by atoms with Crippen LogP contribution in [0.15, 0.2) is 200 Å². The Morgan fingerprint density at radius 1 is 0.339 bits per heavy atom. The summed E-state index contributed by atoms with van der Waals surface area (Å²) in [6.45, 7) is 0. The van der Waals surface area contributed by atoms with E-state index in [1.807, 2.05) is 60.7 Å². The van der Waals surface area contributed by atoms with E-state index in [1.54, 1.807) is 0 Å². The summed E-state index contributed by atoms with van der Waals surface area (Å²) in [5.74, 6) is 1.88. The second-order valence-corrected chi connectivity index (χ2v) is 14.1. The molecule has 0 spiro atoms. The first kappa shape index (κ1) is 31.9. The largest absolute Gasteiger partial charge is 0.316 e. The molecular formula is C51H33N5. The molecule has 0 unspecified atom stereocenters. The van der Waals surface area contributed by atoms with Crippen molar-refractivity contribution in [2.75, 3.05) is 0 Å². The first-order valence-electron chi connectivity index (χ1n) is 18.9. The highest BCUT2D eigenvalue weighted by molar-refractivity contribution is 6.27. The minimum absolute atomic E-state index is 0.616. The summed E-state index contributed by atoms with van der Waals surface area (Å²) in [5.41, 5.74) is 10.6. The average molecular weight is 716 g/mol. The number of fused-ring (bicyclic) bond motifs is 7. The van der Waals surface area contributed by atoms with Crippen molar-refractivity contribution in [1.29, 1.82) is 0 Å². The molecule has 0 aliphatic carbocycles. The van der Waals surface area contributed by atoms with E-state index >= 15 is 0 Å². The van der Waals surface area contributed by atoms with Gasteiger partial charge in [-0.15, -0.1) is 0 Å². The van der Waals surface area contributed by atoms with Crippen LogP contribution in [0.25, 0.3) is 100 Å². The van der Waals surface area contributed by atoms with Gasteiger partial charge in [-0.05, 0) is 65.0 Å². The molecule has 0 aliphatic heterocycles. The van der Waals surface area contributed by atoms with Gasteiger partial charge >= 0.3 is 0 Å². The molecule has 5 heteroatoms. The Bertz CT molecular complexity index is 3160. The maximum Gasteiger partial charge on any atom is 0.164 e. The van der Waals surface area contributed by atoms with Crippen molar-refractivity contribution in [2.45, 2.75) is 0 Å². The molecule has 3 aromatic heterocycles. The Balaban J connectivity index is 1.21. The van der Waals surface area contributed by atoms with Crippen LogP contribution in [0.2, 0.25) is 0 Å². The van der Waals surface area contributed by atoms with Crippen LogP contribution in [-0.2, 0) is 0 Å². The van der Waals surface area contributed by atoms with E-state index in [4.69, 9.17) is 15.0 Å². The third-order valence-electron chi connectivity index (χ3n) is 10.7. The zero-order valence-electron chi connectivity index (χ0n) is 30.3. The number of benzene rings is 8. The Kier molecular flexibility index (Phi) is 7.42. The number of aromatic nitrogens is 5. The molecule has 11 aromatic rings. The fourth-order valence-corrected chi connectivity index (χ4v) is 8.18. The van der Waals surface area contributed by atoms with Crippen LogP contribution in [0.4, 0.5) is 0 Å². The second-order valence-electron chi connectivity index (χ2n) is 14.1. The Morgan fingerprint density at radius 3 is 1.55 bits per heavy atom. The van der Waals surface area contributed by atoms with Gasteiger partial charge in [0, 0.05) is 55.8 Å². The minimum atomic E-state index is 0.616. The monoisotopic (exact) mass is 715 g/mol. The van der Waals surface area contributed by atoms with Crippen LogP contribution >= 0.6 is 0 Å². The molecule has 0 fully saturated rings. The van der Waals surface area contributed by atoms with Gasteiger partial charge in [0.05, 0.1) is 16.6 Å². The molecule has 0 bridgehead atoms. The van der Waals surface area contributed by atoms with Gasteiger partial charge in [-0.1, -0.05) is 146 Å². The van der Waals surface area contributed by atoms with Crippen molar-refractivity contribution in [2.24, 2.45) is 0 Å². The van der Waals surface area contributed by atoms with E-state index in [1.165, 1.54) is 32.4 Å². The molecule has 0 aliphatic rings. The summed E-state index contributed by atoms with van der Waals surface area (Å²) in [4.78, 5) is 15.3. The quantitative estimate of drug-likeness (QED) is 0.172. The van der Waals surface area contributed by atoms with E-state index < -0.39 is 0 Å². The summed E-state index contributed by atoms with van der Waals surface area (Å²) in [7, 11) is 0. The highest BCUT2D eigenvalue weighted by Crippen LogP contribution is 2.42. The lowest BCUT2D eigenvalue weighted by atomic mass is 10.0. The van der Waals surface area contributed by atoms with Gasteiger partial charge in [-0.3, -0.25) is 0 Å². The fourth-order valence-electron chi connectivity index (χ4n) is 8.18. The standard InChI is InChI=1S/C51H33N5/c1-5-15-34(16-6-1)39-31-40(51-53-49(37-17-7-2-8-18-37)52-50(54-51)38-19-9-3-10-20-38)33-42(32-39)56-44-24-14-13-23-43(44)47-45(56)28-27-35-25-26-36-29-30-55(48(36)46(35)47)41-21-11-4-12-22-41/h1-33H. The molecule has 11 rings (SSSR count). The number of rotatable bonds is 6. The lowest BCUT2D eigenvalue weighted by Crippen LogP contribution is -2.01. The second kappa shape index (κ2) is 13.0. The topological polar surface area (TPSA) is 48.5 Å². The van der Waals surface area contributed by atoms with Crippen molar-refractivity contribution < 1.29 is 0 Å². The summed E-state index contributed by atoms with van der Waals surface area (Å²) >= 11 is 0. The van der Waals surface area contributed by atoms with Crippen molar-refractivity contribution in [3.05, 3.63) is 200 Å². The molecule has 0 saturated carbocycles. The maximum atomic E-state index is 5.15. The molecule has 0 N–H and O–H groups in total. The Labute approximate surface area is 323 Å². The van der Waals surface area contributed by atoms with Crippen LogP contribution in [0, 0.1) is 0 Å². The van der Waals surface area contributed by atoms with Gasteiger partial charge in [-0.25, -0.2) is 15.0 Å². The molecule has 262 valence electrons. The molecule has 0 radical (unpaired) electrons. The highest BCUT2D eigenvalue weighted by Gasteiger charge is 2.20. The maximum absolute atomic E-state index is 5.15. The number of hydrogen-bond acceptors (Lipinski definition) is 3. The Hall–Kier alpha value is -7.63. The molecule has 0 atom stereocenters. The highest BCUT2D eigenvalue weighted by atomic mass is 15.0. The van der Waals surface area contributed by atoms with Crippen LogP contribution in [0.1, 0.15) is 0 Å². The molecule has 0 amide bonds.